The molecule has 0 unspecified atom stereocenters. The Morgan fingerprint density at radius 3 is 2.36 bits per heavy atom. The summed E-state index contributed by atoms with van der Waals surface area (Å²) >= 11 is 5.91. The molecule has 7 nitrogen and oxygen atoms in total. The number of fused-ring (bicyclic) bond motifs is 2. The van der Waals surface area contributed by atoms with Gasteiger partial charge in [-0.2, -0.15) is 0 Å². The van der Waals surface area contributed by atoms with Crippen molar-refractivity contribution in [2.45, 2.75) is 18.4 Å². The van der Waals surface area contributed by atoms with Crippen molar-refractivity contribution >= 4 is 29.4 Å². The highest BCUT2D eigenvalue weighted by atomic mass is 35.5. The first-order valence-electron chi connectivity index (χ1n) is 9.64. The predicted octanol–water partition coefficient (Wildman–Crippen LogP) is 1.67. The molecule has 0 aromatic heterocycles. The number of halogens is 1. The Hall–Kier alpha value is -2.28. The molecule has 3 aliphatic heterocycles. The lowest BCUT2D eigenvalue weighted by Gasteiger charge is -2.42. The van der Waals surface area contributed by atoms with Gasteiger partial charge in [-0.3, -0.25) is 9.59 Å². The molecule has 1 aromatic rings. The van der Waals surface area contributed by atoms with Gasteiger partial charge in [0.15, 0.2) is 0 Å². The molecule has 0 bridgehead atoms. The summed E-state index contributed by atoms with van der Waals surface area (Å²) in [6, 6.07) is 6.87. The zero-order valence-corrected chi connectivity index (χ0v) is 16.9. The number of piperidine rings is 1. The van der Waals surface area contributed by atoms with Crippen LogP contribution in [0.4, 0.5) is 4.79 Å². The summed E-state index contributed by atoms with van der Waals surface area (Å²) in [6.45, 7) is 2.24. The zero-order valence-electron chi connectivity index (χ0n) is 16.2. The number of rotatable bonds is 1. The summed E-state index contributed by atoms with van der Waals surface area (Å²) in [6.07, 6.45) is 1.42. The average molecular weight is 405 g/mol. The largest absolute Gasteiger partial charge is 0.350 e. The topological polar surface area (TPSA) is 73.0 Å². The van der Waals surface area contributed by atoms with Crippen molar-refractivity contribution < 1.29 is 14.4 Å². The summed E-state index contributed by atoms with van der Waals surface area (Å²) in [4.78, 5) is 42.8. The van der Waals surface area contributed by atoms with Crippen LogP contribution in [0.25, 0.3) is 0 Å². The molecule has 8 heteroatoms. The van der Waals surface area contributed by atoms with Gasteiger partial charge in [-0.05, 0) is 37.1 Å². The maximum Gasteiger partial charge on any atom is 0.319 e. The van der Waals surface area contributed by atoms with E-state index in [2.05, 4.69) is 5.32 Å². The van der Waals surface area contributed by atoms with Crippen molar-refractivity contribution in [3.63, 3.8) is 0 Å². The van der Waals surface area contributed by atoms with Gasteiger partial charge < -0.3 is 20.0 Å². The van der Waals surface area contributed by atoms with E-state index in [4.69, 9.17) is 11.6 Å². The van der Waals surface area contributed by atoms with Crippen LogP contribution in [0.5, 0.6) is 0 Å². The Morgan fingerprint density at radius 1 is 1.11 bits per heavy atom. The number of hydrogen-bond donors (Lipinski definition) is 1. The van der Waals surface area contributed by atoms with Crippen molar-refractivity contribution in [3.8, 4) is 0 Å². The van der Waals surface area contributed by atoms with Crippen molar-refractivity contribution in [2.24, 2.45) is 11.8 Å². The van der Waals surface area contributed by atoms with Crippen LogP contribution in [-0.2, 0) is 4.79 Å². The fourth-order valence-electron chi connectivity index (χ4n) is 4.88. The number of nitrogens with zero attached hydrogens (tertiary/aromatic N) is 3. The third kappa shape index (κ3) is 3.11. The lowest BCUT2D eigenvalue weighted by molar-refractivity contribution is -0.123. The van der Waals surface area contributed by atoms with Crippen molar-refractivity contribution in [1.29, 1.82) is 0 Å². The maximum atomic E-state index is 12.8. The Morgan fingerprint density at radius 2 is 1.75 bits per heavy atom. The van der Waals surface area contributed by atoms with Crippen LogP contribution in [0.2, 0.25) is 5.02 Å². The van der Waals surface area contributed by atoms with E-state index in [0.29, 0.717) is 49.6 Å². The molecule has 4 amide bonds. The second-order valence-corrected chi connectivity index (χ2v) is 8.68. The maximum absolute atomic E-state index is 12.8. The molecule has 1 N–H and O–H groups in total. The molecule has 3 aliphatic rings. The standard InChI is InChI=1S/C20H25ClN4O3/c1-23(2)19(28)25-11-15-16(12-25)20(22-17(15)26)7-9-24(10-8-20)18(27)13-3-5-14(21)6-4-13/h3-6,15-16H,7-12H2,1-2H3,(H,22,26)/t15-,16+/m1/s1. The number of urea groups is 1. The van der Waals surface area contributed by atoms with Gasteiger partial charge >= 0.3 is 6.03 Å². The Labute approximate surface area is 169 Å². The summed E-state index contributed by atoms with van der Waals surface area (Å²) in [5, 5.41) is 3.82. The predicted molar refractivity (Wildman–Crippen MR) is 105 cm³/mol. The van der Waals surface area contributed by atoms with Gasteiger partial charge in [0.05, 0.1) is 5.92 Å². The van der Waals surface area contributed by atoms with Crippen LogP contribution < -0.4 is 5.32 Å². The molecule has 3 saturated heterocycles. The highest BCUT2D eigenvalue weighted by Gasteiger charge is 2.58. The highest BCUT2D eigenvalue weighted by molar-refractivity contribution is 6.30. The van der Waals surface area contributed by atoms with E-state index < -0.39 is 0 Å². The van der Waals surface area contributed by atoms with Gasteiger partial charge in [0.1, 0.15) is 0 Å². The normalized spacial score (nSPS) is 25.6. The molecule has 1 spiro atoms. The molecule has 3 heterocycles. The molecule has 4 rings (SSSR count). The monoisotopic (exact) mass is 404 g/mol. The van der Waals surface area contributed by atoms with Gasteiger partial charge in [0.2, 0.25) is 5.91 Å². The van der Waals surface area contributed by atoms with Crippen LogP contribution in [0.3, 0.4) is 0 Å². The number of amides is 4. The highest BCUT2D eigenvalue weighted by Crippen LogP contribution is 2.44. The first kappa shape index (κ1) is 19.1. The molecule has 0 aliphatic carbocycles. The molecule has 2 atom stereocenters. The molecular weight excluding hydrogens is 380 g/mol. The minimum Gasteiger partial charge on any atom is -0.350 e. The van der Waals surface area contributed by atoms with E-state index in [-0.39, 0.29) is 35.2 Å². The van der Waals surface area contributed by atoms with E-state index in [1.54, 1.807) is 48.2 Å². The van der Waals surface area contributed by atoms with Crippen LogP contribution in [-0.4, -0.2) is 78.4 Å². The summed E-state index contributed by atoms with van der Waals surface area (Å²) in [7, 11) is 3.46. The van der Waals surface area contributed by atoms with E-state index in [1.807, 2.05) is 4.90 Å². The second kappa shape index (κ2) is 6.95. The summed E-state index contributed by atoms with van der Waals surface area (Å²) < 4.78 is 0. The average Bonchev–Trinajstić information content (AvgIpc) is 3.23. The number of hydrogen-bond acceptors (Lipinski definition) is 3. The molecule has 1 aromatic carbocycles. The van der Waals surface area contributed by atoms with E-state index in [9.17, 15) is 14.4 Å². The molecule has 3 fully saturated rings. The smallest absolute Gasteiger partial charge is 0.319 e. The third-order valence-corrected chi connectivity index (χ3v) is 6.68. The Bertz CT molecular complexity index is 802. The molecule has 28 heavy (non-hydrogen) atoms. The minimum atomic E-state index is -0.320. The van der Waals surface area contributed by atoms with Gasteiger partial charge in [0.25, 0.3) is 5.91 Å². The lowest BCUT2D eigenvalue weighted by Crippen LogP contribution is -2.56. The van der Waals surface area contributed by atoms with Crippen molar-refractivity contribution in [3.05, 3.63) is 34.9 Å². The number of carbonyl (C=O) groups excluding carboxylic acids is 3. The molecule has 0 radical (unpaired) electrons. The van der Waals surface area contributed by atoms with Crippen LogP contribution in [0, 0.1) is 11.8 Å². The molecular formula is C20H25ClN4O3. The van der Waals surface area contributed by atoms with Crippen molar-refractivity contribution in [2.75, 3.05) is 40.3 Å². The summed E-state index contributed by atoms with van der Waals surface area (Å²) in [5.41, 5.74) is 0.303. The van der Waals surface area contributed by atoms with E-state index in [1.165, 1.54) is 0 Å². The lowest BCUT2D eigenvalue weighted by atomic mass is 9.75. The third-order valence-electron chi connectivity index (χ3n) is 6.43. The van der Waals surface area contributed by atoms with E-state index >= 15 is 0 Å². The fourth-order valence-corrected chi connectivity index (χ4v) is 5.00. The van der Waals surface area contributed by atoms with Gasteiger partial charge in [-0.25, -0.2) is 4.79 Å². The minimum absolute atomic E-state index is 0.0109. The number of carbonyl (C=O) groups is 3. The van der Waals surface area contributed by atoms with Gasteiger partial charge in [-0.1, -0.05) is 11.6 Å². The quantitative estimate of drug-likeness (QED) is 0.773. The second-order valence-electron chi connectivity index (χ2n) is 8.24. The number of nitrogens with one attached hydrogen (secondary N) is 1. The van der Waals surface area contributed by atoms with Crippen molar-refractivity contribution in [1.82, 2.24) is 20.0 Å². The van der Waals surface area contributed by atoms with Crippen LogP contribution in [0.15, 0.2) is 24.3 Å². The Balaban J connectivity index is 1.45. The summed E-state index contributed by atoms with van der Waals surface area (Å²) in [5.74, 6) is -0.0149. The number of benzene rings is 1. The Kier molecular flexibility index (Phi) is 4.73. The molecule has 0 saturated carbocycles. The zero-order chi connectivity index (χ0) is 20.1. The van der Waals surface area contributed by atoms with Gasteiger partial charge in [0, 0.05) is 62.3 Å². The van der Waals surface area contributed by atoms with Crippen LogP contribution in [0.1, 0.15) is 23.2 Å². The first-order chi connectivity index (χ1) is 13.3. The first-order valence-corrected chi connectivity index (χ1v) is 10.0. The molecule has 150 valence electrons. The van der Waals surface area contributed by atoms with E-state index in [0.717, 1.165) is 0 Å². The van der Waals surface area contributed by atoms with Crippen LogP contribution >= 0.6 is 11.6 Å². The fraction of sp³-hybridized carbons (Fsp3) is 0.550. The SMILES string of the molecule is CN(C)C(=O)N1C[C@H]2C(=O)NC3(CCN(C(=O)c4ccc(Cl)cc4)CC3)[C@H]2C1. The number of likely N-dealkylation sites (tertiary alicyclic amines) is 2. The van der Waals surface area contributed by atoms with Gasteiger partial charge in [-0.15, -0.1) is 0 Å².